The van der Waals surface area contributed by atoms with Crippen LogP contribution in [0.2, 0.25) is 10.0 Å². The molecule has 0 heterocycles. The molecule has 0 spiro atoms. The number of methoxy groups -OCH3 is 1. The van der Waals surface area contributed by atoms with Gasteiger partial charge in [-0.2, -0.15) is 0 Å². The normalized spacial score (nSPS) is 10.3. The van der Waals surface area contributed by atoms with Crippen molar-refractivity contribution in [3.63, 3.8) is 0 Å². The Kier molecular flexibility index (Phi) is 6.21. The third-order valence-electron chi connectivity index (χ3n) is 3.89. The molecule has 9 heteroatoms. The zero-order chi connectivity index (χ0) is 21.0. The molecule has 29 heavy (non-hydrogen) atoms. The Morgan fingerprint density at radius 1 is 1.00 bits per heavy atom. The average Bonchev–Trinajstić information content (AvgIpc) is 2.70. The first-order valence-electron chi connectivity index (χ1n) is 8.24. The summed E-state index contributed by atoms with van der Waals surface area (Å²) in [6.07, 6.45) is 0. The lowest BCUT2D eigenvalue weighted by Gasteiger charge is -2.13. The molecule has 0 aromatic heterocycles. The minimum atomic E-state index is -0.592. The first kappa shape index (κ1) is 20.4. The van der Waals surface area contributed by atoms with E-state index in [1.807, 2.05) is 0 Å². The number of carbonyl (C=O) groups excluding carboxylic acids is 1. The number of halogens is 2. The number of carbonyl (C=O) groups is 1. The van der Waals surface area contributed by atoms with Crippen molar-refractivity contribution in [2.45, 2.75) is 0 Å². The van der Waals surface area contributed by atoms with Crippen LogP contribution in [0.3, 0.4) is 0 Å². The first-order valence-corrected chi connectivity index (χ1v) is 8.99. The topological polar surface area (TPSA) is 90.7 Å². The fourth-order valence-corrected chi connectivity index (χ4v) is 2.88. The zero-order valence-electron chi connectivity index (χ0n) is 15.0. The number of hydrogen-bond donors (Lipinski definition) is 1. The predicted molar refractivity (Wildman–Crippen MR) is 111 cm³/mol. The van der Waals surface area contributed by atoms with Crippen LogP contribution in [0.4, 0.5) is 11.4 Å². The highest BCUT2D eigenvalue weighted by molar-refractivity contribution is 6.34. The maximum absolute atomic E-state index is 12.6. The Bertz CT molecular complexity index is 1070. The van der Waals surface area contributed by atoms with Crippen molar-refractivity contribution in [1.82, 2.24) is 0 Å². The van der Waals surface area contributed by atoms with Gasteiger partial charge < -0.3 is 14.8 Å². The highest BCUT2D eigenvalue weighted by Gasteiger charge is 2.17. The Morgan fingerprint density at radius 3 is 2.31 bits per heavy atom. The van der Waals surface area contributed by atoms with E-state index in [2.05, 4.69) is 5.32 Å². The number of hydrogen-bond acceptors (Lipinski definition) is 5. The minimum Gasteiger partial charge on any atom is -0.497 e. The number of ether oxygens (including phenoxy) is 2. The Balaban J connectivity index is 1.85. The van der Waals surface area contributed by atoms with E-state index >= 15 is 0 Å². The maximum atomic E-state index is 12.6. The van der Waals surface area contributed by atoms with Gasteiger partial charge in [-0.1, -0.05) is 23.2 Å². The molecule has 0 fully saturated rings. The van der Waals surface area contributed by atoms with E-state index in [1.165, 1.54) is 18.2 Å². The highest BCUT2D eigenvalue weighted by Crippen LogP contribution is 2.33. The van der Waals surface area contributed by atoms with E-state index in [-0.39, 0.29) is 16.3 Å². The van der Waals surface area contributed by atoms with Crippen LogP contribution in [0, 0.1) is 10.1 Å². The monoisotopic (exact) mass is 432 g/mol. The molecule has 0 atom stereocenters. The van der Waals surface area contributed by atoms with Crippen molar-refractivity contribution in [2.75, 3.05) is 12.4 Å². The first-order chi connectivity index (χ1) is 13.9. The van der Waals surface area contributed by atoms with E-state index in [1.54, 1.807) is 43.5 Å². The molecule has 1 amide bonds. The summed E-state index contributed by atoms with van der Waals surface area (Å²) in [6.45, 7) is 0. The van der Waals surface area contributed by atoms with Crippen LogP contribution in [-0.4, -0.2) is 17.9 Å². The standard InChI is InChI=1S/C20H14Cl2N2O5/c1-28-14-4-6-15(7-5-14)29-19-9-2-12(21)10-18(19)23-20(25)16-8-3-13(24(26)27)11-17(16)22/h2-11H,1H3,(H,23,25). The van der Waals surface area contributed by atoms with Crippen LogP contribution in [0.25, 0.3) is 0 Å². The van der Waals surface area contributed by atoms with Gasteiger partial charge in [0.1, 0.15) is 11.5 Å². The largest absolute Gasteiger partial charge is 0.497 e. The van der Waals surface area contributed by atoms with E-state index in [4.69, 9.17) is 32.7 Å². The van der Waals surface area contributed by atoms with Crippen LogP contribution >= 0.6 is 23.2 Å². The van der Waals surface area contributed by atoms with Gasteiger partial charge in [-0.25, -0.2) is 0 Å². The summed E-state index contributed by atoms with van der Waals surface area (Å²) in [4.78, 5) is 22.9. The molecule has 3 rings (SSSR count). The lowest BCUT2D eigenvalue weighted by atomic mass is 10.2. The van der Waals surface area contributed by atoms with Gasteiger partial charge in [-0.05, 0) is 48.5 Å². The molecule has 0 saturated heterocycles. The SMILES string of the molecule is COc1ccc(Oc2ccc(Cl)cc2NC(=O)c2ccc([N+](=O)[O-])cc2Cl)cc1. The second-order valence-corrected chi connectivity index (χ2v) is 6.64. The van der Waals surface area contributed by atoms with Gasteiger partial charge in [-0.15, -0.1) is 0 Å². The number of rotatable bonds is 6. The highest BCUT2D eigenvalue weighted by atomic mass is 35.5. The predicted octanol–water partition coefficient (Wildman–Crippen LogP) is 5.95. The molecular formula is C20H14Cl2N2O5. The number of anilines is 1. The van der Waals surface area contributed by atoms with Gasteiger partial charge in [0.05, 0.1) is 28.3 Å². The summed E-state index contributed by atoms with van der Waals surface area (Å²) >= 11 is 12.1. The molecule has 0 aliphatic heterocycles. The number of benzene rings is 3. The summed E-state index contributed by atoms with van der Waals surface area (Å²) < 4.78 is 10.9. The van der Waals surface area contributed by atoms with Gasteiger partial charge in [0.15, 0.2) is 5.75 Å². The van der Waals surface area contributed by atoms with Crippen LogP contribution in [0.15, 0.2) is 60.7 Å². The number of nitrogens with zero attached hydrogens (tertiary/aromatic N) is 1. The van der Waals surface area contributed by atoms with Gasteiger partial charge in [0.2, 0.25) is 0 Å². The van der Waals surface area contributed by atoms with Crippen molar-refractivity contribution < 1.29 is 19.2 Å². The molecule has 1 N–H and O–H groups in total. The molecule has 7 nitrogen and oxygen atoms in total. The van der Waals surface area contributed by atoms with Gasteiger partial charge in [0.25, 0.3) is 11.6 Å². The molecule has 0 bridgehead atoms. The summed E-state index contributed by atoms with van der Waals surface area (Å²) in [7, 11) is 1.56. The van der Waals surface area contributed by atoms with E-state index in [0.717, 1.165) is 6.07 Å². The maximum Gasteiger partial charge on any atom is 0.270 e. The van der Waals surface area contributed by atoms with Gasteiger partial charge >= 0.3 is 0 Å². The number of non-ortho nitro benzene ring substituents is 1. The second kappa shape index (κ2) is 8.81. The van der Waals surface area contributed by atoms with Crippen LogP contribution in [0.1, 0.15) is 10.4 Å². The fourth-order valence-electron chi connectivity index (χ4n) is 2.45. The summed E-state index contributed by atoms with van der Waals surface area (Å²) in [5.74, 6) is 0.990. The summed E-state index contributed by atoms with van der Waals surface area (Å²) in [5.41, 5.74) is 0.179. The summed E-state index contributed by atoms with van der Waals surface area (Å²) in [6, 6.07) is 15.3. The van der Waals surface area contributed by atoms with Crippen LogP contribution in [-0.2, 0) is 0 Å². The molecule has 3 aromatic carbocycles. The van der Waals surface area contributed by atoms with Crippen molar-refractivity contribution in [3.05, 3.63) is 86.4 Å². The molecule has 0 aliphatic rings. The lowest BCUT2D eigenvalue weighted by molar-refractivity contribution is -0.384. The molecular weight excluding hydrogens is 419 g/mol. The molecule has 0 radical (unpaired) electrons. The Labute approximate surface area is 175 Å². The molecule has 0 aliphatic carbocycles. The van der Waals surface area contributed by atoms with Gasteiger partial charge in [0, 0.05) is 17.2 Å². The Morgan fingerprint density at radius 2 is 1.69 bits per heavy atom. The average molecular weight is 433 g/mol. The number of nitro benzene ring substituents is 1. The van der Waals surface area contributed by atoms with E-state index < -0.39 is 10.8 Å². The van der Waals surface area contributed by atoms with Crippen molar-refractivity contribution >= 4 is 40.5 Å². The van der Waals surface area contributed by atoms with Crippen LogP contribution in [0.5, 0.6) is 17.2 Å². The third-order valence-corrected chi connectivity index (χ3v) is 4.43. The van der Waals surface area contributed by atoms with Gasteiger partial charge in [-0.3, -0.25) is 14.9 Å². The molecule has 0 saturated carbocycles. The quantitative estimate of drug-likeness (QED) is 0.383. The minimum absolute atomic E-state index is 0.0450. The number of amides is 1. The van der Waals surface area contributed by atoms with E-state index in [9.17, 15) is 14.9 Å². The number of nitro groups is 1. The zero-order valence-corrected chi connectivity index (χ0v) is 16.5. The number of nitrogens with one attached hydrogen (secondary N) is 1. The molecule has 3 aromatic rings. The van der Waals surface area contributed by atoms with Crippen molar-refractivity contribution in [2.24, 2.45) is 0 Å². The van der Waals surface area contributed by atoms with Crippen LogP contribution < -0.4 is 14.8 Å². The van der Waals surface area contributed by atoms with Crippen molar-refractivity contribution in [1.29, 1.82) is 0 Å². The smallest absolute Gasteiger partial charge is 0.270 e. The third kappa shape index (κ3) is 4.96. The second-order valence-electron chi connectivity index (χ2n) is 5.79. The Hall–Kier alpha value is -3.29. The molecule has 148 valence electrons. The fraction of sp³-hybridized carbons (Fsp3) is 0.0500. The lowest BCUT2D eigenvalue weighted by Crippen LogP contribution is -2.13. The summed E-state index contributed by atoms with van der Waals surface area (Å²) in [5, 5.41) is 13.8. The molecule has 0 unspecified atom stereocenters. The van der Waals surface area contributed by atoms with E-state index in [0.29, 0.717) is 28.0 Å². The van der Waals surface area contributed by atoms with Crippen molar-refractivity contribution in [3.8, 4) is 17.2 Å².